The number of hydrogen-bond acceptors (Lipinski definition) is 6. The molecule has 8 heteroatoms. The standard InChI is InChI=1S/C26H28N4O3S/c1-3-14(21-20-16(12-28-21)10-9-15-6-4-8-18(33-2)19(15)20)13-30-25(31)23-22(29-26(30)32)17-7-5-11-27-24(17)34-23/h4-8,11,14,16,20-21,28H,3,9-10,12-13H2,1-2H3,(H,29,32)/t14?,16-,20+,21?/m0/s1. The first-order valence-corrected chi connectivity index (χ1v) is 12.8. The van der Waals surface area contributed by atoms with Gasteiger partial charge in [0.05, 0.1) is 12.6 Å². The molecule has 176 valence electrons. The van der Waals surface area contributed by atoms with Crippen molar-refractivity contribution in [3.8, 4) is 5.75 Å². The summed E-state index contributed by atoms with van der Waals surface area (Å²) in [6.45, 7) is 3.48. The summed E-state index contributed by atoms with van der Waals surface area (Å²) in [6, 6.07) is 10.2. The smallest absolute Gasteiger partial charge is 0.328 e. The van der Waals surface area contributed by atoms with Gasteiger partial charge in [-0.2, -0.15) is 0 Å². The number of fused-ring (bicyclic) bond motifs is 6. The zero-order valence-electron chi connectivity index (χ0n) is 19.3. The second-order valence-electron chi connectivity index (χ2n) is 9.47. The molecule has 1 aromatic carbocycles. The van der Waals surface area contributed by atoms with Crippen molar-refractivity contribution in [1.29, 1.82) is 0 Å². The van der Waals surface area contributed by atoms with Gasteiger partial charge in [0.25, 0.3) is 5.56 Å². The van der Waals surface area contributed by atoms with Crippen molar-refractivity contribution in [2.24, 2.45) is 11.8 Å². The van der Waals surface area contributed by atoms with Crippen LogP contribution in [-0.2, 0) is 13.0 Å². The van der Waals surface area contributed by atoms with E-state index in [0.717, 1.165) is 41.8 Å². The number of hydrogen-bond donors (Lipinski definition) is 2. The maximum absolute atomic E-state index is 13.5. The Balaban J connectivity index is 1.40. The topological polar surface area (TPSA) is 89.0 Å². The molecule has 3 aromatic heterocycles. The number of ether oxygens (including phenoxy) is 1. The molecule has 4 aromatic rings. The van der Waals surface area contributed by atoms with E-state index in [9.17, 15) is 9.59 Å². The number of nitrogens with zero attached hydrogens (tertiary/aromatic N) is 2. The van der Waals surface area contributed by atoms with Gasteiger partial charge in [0.1, 0.15) is 15.3 Å². The van der Waals surface area contributed by atoms with E-state index in [-0.39, 0.29) is 23.2 Å². The molecule has 0 spiro atoms. The monoisotopic (exact) mass is 476 g/mol. The lowest BCUT2D eigenvalue weighted by atomic mass is 9.71. The Kier molecular flexibility index (Phi) is 5.30. The van der Waals surface area contributed by atoms with Gasteiger partial charge in [-0.15, -0.1) is 11.3 Å². The van der Waals surface area contributed by atoms with E-state index in [1.165, 1.54) is 27.0 Å². The maximum Gasteiger partial charge on any atom is 0.328 e. The molecular formula is C26H28N4O3S. The average Bonchev–Trinajstić information content (AvgIpc) is 3.46. The van der Waals surface area contributed by atoms with E-state index >= 15 is 0 Å². The third-order valence-corrected chi connectivity index (χ3v) is 8.94. The maximum atomic E-state index is 13.5. The van der Waals surface area contributed by atoms with Crippen LogP contribution in [0.25, 0.3) is 20.4 Å². The Bertz CT molecular complexity index is 1490. The van der Waals surface area contributed by atoms with Gasteiger partial charge in [0, 0.05) is 35.7 Å². The number of H-pyrrole nitrogens is 1. The normalized spacial score (nSPS) is 22.6. The van der Waals surface area contributed by atoms with Crippen molar-refractivity contribution in [3.63, 3.8) is 0 Å². The second-order valence-corrected chi connectivity index (χ2v) is 10.5. The Morgan fingerprint density at radius 3 is 2.97 bits per heavy atom. The lowest BCUT2D eigenvalue weighted by molar-refractivity contribution is 0.280. The van der Waals surface area contributed by atoms with Crippen molar-refractivity contribution in [2.75, 3.05) is 13.7 Å². The third-order valence-electron chi connectivity index (χ3n) is 7.84. The first kappa shape index (κ1) is 21.6. The molecule has 1 saturated heterocycles. The molecule has 6 rings (SSSR count). The van der Waals surface area contributed by atoms with E-state index in [1.54, 1.807) is 13.3 Å². The number of pyridine rings is 1. The molecule has 1 aliphatic heterocycles. The molecule has 4 atom stereocenters. The number of methoxy groups -OCH3 is 1. The van der Waals surface area contributed by atoms with Gasteiger partial charge in [-0.25, -0.2) is 9.78 Å². The van der Waals surface area contributed by atoms with Gasteiger partial charge in [-0.1, -0.05) is 25.5 Å². The van der Waals surface area contributed by atoms with Crippen LogP contribution < -0.4 is 21.3 Å². The van der Waals surface area contributed by atoms with Crippen LogP contribution in [-0.4, -0.2) is 34.2 Å². The fourth-order valence-corrected chi connectivity index (χ4v) is 7.24. The van der Waals surface area contributed by atoms with Gasteiger partial charge >= 0.3 is 5.69 Å². The molecule has 34 heavy (non-hydrogen) atoms. The van der Waals surface area contributed by atoms with Crippen LogP contribution in [0, 0.1) is 11.8 Å². The van der Waals surface area contributed by atoms with Gasteiger partial charge in [0.15, 0.2) is 0 Å². The first-order valence-electron chi connectivity index (χ1n) is 12.0. The number of benzene rings is 1. The largest absolute Gasteiger partial charge is 0.496 e. The minimum atomic E-state index is -0.351. The van der Waals surface area contributed by atoms with Gasteiger partial charge in [0.2, 0.25) is 0 Å². The Morgan fingerprint density at radius 1 is 1.26 bits per heavy atom. The molecule has 0 amide bonds. The van der Waals surface area contributed by atoms with Crippen LogP contribution in [0.1, 0.15) is 36.8 Å². The van der Waals surface area contributed by atoms with Gasteiger partial charge < -0.3 is 15.0 Å². The predicted molar refractivity (Wildman–Crippen MR) is 135 cm³/mol. The predicted octanol–water partition coefficient (Wildman–Crippen LogP) is 3.65. The van der Waals surface area contributed by atoms with Crippen molar-refractivity contribution in [1.82, 2.24) is 19.9 Å². The molecule has 2 aliphatic rings. The highest BCUT2D eigenvalue weighted by Crippen LogP contribution is 2.47. The van der Waals surface area contributed by atoms with E-state index in [1.807, 2.05) is 12.1 Å². The zero-order chi connectivity index (χ0) is 23.4. The number of aromatic nitrogens is 3. The lowest BCUT2D eigenvalue weighted by Crippen LogP contribution is -2.43. The molecule has 1 fully saturated rings. The number of nitrogens with one attached hydrogen (secondary N) is 2. The Hall–Kier alpha value is -2.97. The molecule has 1 aliphatic carbocycles. The molecule has 7 nitrogen and oxygen atoms in total. The number of rotatable bonds is 5. The van der Waals surface area contributed by atoms with Crippen LogP contribution in [0.5, 0.6) is 5.75 Å². The molecule has 4 heterocycles. The molecule has 0 saturated carbocycles. The summed E-state index contributed by atoms with van der Waals surface area (Å²) in [7, 11) is 1.74. The van der Waals surface area contributed by atoms with Crippen LogP contribution >= 0.6 is 11.3 Å². The third kappa shape index (κ3) is 3.23. The summed E-state index contributed by atoms with van der Waals surface area (Å²) in [5, 5.41) is 4.59. The fraction of sp³-hybridized carbons (Fsp3) is 0.423. The molecule has 0 radical (unpaired) electrons. The zero-order valence-corrected chi connectivity index (χ0v) is 20.2. The summed E-state index contributed by atoms with van der Waals surface area (Å²) in [5.41, 5.74) is 2.68. The number of aromatic amines is 1. The van der Waals surface area contributed by atoms with Crippen LogP contribution in [0.4, 0.5) is 0 Å². The number of aryl methyl sites for hydroxylation is 1. The van der Waals surface area contributed by atoms with E-state index in [4.69, 9.17) is 4.74 Å². The van der Waals surface area contributed by atoms with Crippen LogP contribution in [0.3, 0.4) is 0 Å². The van der Waals surface area contributed by atoms with Gasteiger partial charge in [-0.3, -0.25) is 9.36 Å². The van der Waals surface area contributed by atoms with Crippen LogP contribution in [0.15, 0.2) is 46.1 Å². The van der Waals surface area contributed by atoms with Crippen molar-refractivity contribution in [2.45, 2.75) is 44.7 Å². The lowest BCUT2D eigenvalue weighted by Gasteiger charge is -2.35. The molecular weight excluding hydrogens is 448 g/mol. The van der Waals surface area contributed by atoms with Crippen molar-refractivity contribution in [3.05, 3.63) is 68.5 Å². The molecule has 0 bridgehead atoms. The minimum Gasteiger partial charge on any atom is -0.496 e. The summed E-state index contributed by atoms with van der Waals surface area (Å²) in [4.78, 5) is 34.6. The average molecular weight is 477 g/mol. The van der Waals surface area contributed by atoms with E-state index in [2.05, 4.69) is 40.4 Å². The highest BCUT2D eigenvalue weighted by atomic mass is 32.1. The highest BCUT2D eigenvalue weighted by Gasteiger charge is 2.44. The summed E-state index contributed by atoms with van der Waals surface area (Å²) in [6.07, 6.45) is 4.78. The summed E-state index contributed by atoms with van der Waals surface area (Å²) < 4.78 is 7.73. The van der Waals surface area contributed by atoms with Gasteiger partial charge in [-0.05, 0) is 55.0 Å². The highest BCUT2D eigenvalue weighted by molar-refractivity contribution is 7.25. The van der Waals surface area contributed by atoms with E-state index in [0.29, 0.717) is 28.6 Å². The summed E-state index contributed by atoms with van der Waals surface area (Å²) in [5.74, 6) is 1.94. The second kappa shape index (κ2) is 8.36. The quantitative estimate of drug-likeness (QED) is 0.459. The van der Waals surface area contributed by atoms with E-state index < -0.39 is 0 Å². The Labute approximate surface area is 200 Å². The Morgan fingerprint density at radius 2 is 2.15 bits per heavy atom. The SMILES string of the molecule is CCC(Cn1c(=O)[nH]c2c(sc3ncccc32)c1=O)C1NC[C@@H]2CCc3cccc(OC)c3[C@H]12. The minimum absolute atomic E-state index is 0.134. The number of thiophene rings is 1. The van der Waals surface area contributed by atoms with Crippen molar-refractivity contribution >= 4 is 31.8 Å². The first-order chi connectivity index (χ1) is 16.6. The summed E-state index contributed by atoms with van der Waals surface area (Å²) >= 11 is 1.35. The molecule has 2 N–H and O–H groups in total. The van der Waals surface area contributed by atoms with Crippen molar-refractivity contribution < 1.29 is 4.74 Å². The molecule has 2 unspecified atom stereocenters. The fourth-order valence-electron chi connectivity index (χ4n) is 6.19. The van der Waals surface area contributed by atoms with Crippen LogP contribution in [0.2, 0.25) is 0 Å².